The molecule has 2 amide bonds. The molecule has 0 atom stereocenters. The van der Waals surface area contributed by atoms with E-state index in [0.29, 0.717) is 0 Å². The Morgan fingerprint density at radius 3 is 2.47 bits per heavy atom. The summed E-state index contributed by atoms with van der Waals surface area (Å²) < 4.78 is 60.0. The smallest absolute Gasteiger partial charge is 0.329 e. The summed E-state index contributed by atoms with van der Waals surface area (Å²) in [5, 5.41) is 3.66. The lowest BCUT2D eigenvalue weighted by molar-refractivity contribution is -0.122. The van der Waals surface area contributed by atoms with E-state index < -0.39 is 24.5 Å². The lowest BCUT2D eigenvalue weighted by atomic mass is 10.3. The number of nitrogens with one attached hydrogen (secondary N) is 2. The molecule has 0 aliphatic rings. The molecule has 0 saturated heterocycles. The van der Waals surface area contributed by atoms with Crippen LogP contribution in [0.15, 0.2) is 29.2 Å². The van der Waals surface area contributed by atoms with Crippen LogP contribution in [0.1, 0.15) is 0 Å². The van der Waals surface area contributed by atoms with Crippen molar-refractivity contribution < 1.29 is 26.7 Å². The molecule has 0 aliphatic heterocycles. The molecule has 0 aliphatic carbocycles. The van der Waals surface area contributed by atoms with Crippen molar-refractivity contribution >= 4 is 23.5 Å². The SMILES string of the molecule is O=C(NCC(F)(F)F)Nc1ccccc1SC(F)F. The molecule has 0 heterocycles. The summed E-state index contributed by atoms with van der Waals surface area (Å²) in [5.74, 6) is -2.69. The Balaban J connectivity index is 2.63. The average molecular weight is 300 g/mol. The number of hydrogen-bond donors (Lipinski definition) is 2. The van der Waals surface area contributed by atoms with Gasteiger partial charge in [-0.25, -0.2) is 4.79 Å². The van der Waals surface area contributed by atoms with Crippen LogP contribution in [0.2, 0.25) is 0 Å². The van der Waals surface area contributed by atoms with E-state index in [1.54, 1.807) is 5.32 Å². The van der Waals surface area contributed by atoms with E-state index in [-0.39, 0.29) is 22.3 Å². The highest BCUT2D eigenvalue weighted by Crippen LogP contribution is 2.31. The van der Waals surface area contributed by atoms with E-state index in [1.165, 1.54) is 24.3 Å². The van der Waals surface area contributed by atoms with Crippen LogP contribution in [0.25, 0.3) is 0 Å². The monoisotopic (exact) mass is 300 g/mol. The van der Waals surface area contributed by atoms with Crippen LogP contribution >= 0.6 is 11.8 Å². The molecule has 0 radical (unpaired) electrons. The van der Waals surface area contributed by atoms with Gasteiger partial charge in [0.1, 0.15) is 6.54 Å². The Morgan fingerprint density at radius 1 is 1.26 bits per heavy atom. The van der Waals surface area contributed by atoms with Crippen molar-refractivity contribution in [1.29, 1.82) is 0 Å². The first kappa shape index (κ1) is 15.5. The second-order valence-electron chi connectivity index (χ2n) is 3.30. The zero-order valence-electron chi connectivity index (χ0n) is 9.30. The Labute approximate surface area is 109 Å². The number of benzene rings is 1. The third-order valence-corrected chi connectivity index (χ3v) is 2.59. The fraction of sp³-hybridized carbons (Fsp3) is 0.300. The molecule has 3 nitrogen and oxygen atoms in total. The maximum atomic E-state index is 12.2. The van der Waals surface area contributed by atoms with E-state index in [1.807, 2.05) is 0 Å². The third-order valence-electron chi connectivity index (χ3n) is 1.80. The summed E-state index contributed by atoms with van der Waals surface area (Å²) in [7, 11) is 0. The lowest BCUT2D eigenvalue weighted by Crippen LogP contribution is -2.36. The molecule has 1 rings (SSSR count). The molecular weight excluding hydrogens is 291 g/mol. The molecule has 2 N–H and O–H groups in total. The van der Waals surface area contributed by atoms with Crippen molar-refractivity contribution in [3.63, 3.8) is 0 Å². The molecule has 0 fully saturated rings. The minimum atomic E-state index is -4.53. The second-order valence-corrected chi connectivity index (χ2v) is 4.33. The fourth-order valence-electron chi connectivity index (χ4n) is 1.12. The predicted octanol–water partition coefficient (Wildman–Crippen LogP) is 3.69. The van der Waals surface area contributed by atoms with Crippen molar-refractivity contribution in [1.82, 2.24) is 5.32 Å². The summed E-state index contributed by atoms with van der Waals surface area (Å²) in [5.41, 5.74) is 0.0208. The number of alkyl halides is 5. The average Bonchev–Trinajstić information content (AvgIpc) is 2.27. The minimum Gasteiger partial charge on any atom is -0.329 e. The van der Waals surface area contributed by atoms with Gasteiger partial charge in [-0.05, 0) is 12.1 Å². The van der Waals surface area contributed by atoms with Crippen LogP contribution in [0.3, 0.4) is 0 Å². The molecule has 19 heavy (non-hydrogen) atoms. The van der Waals surface area contributed by atoms with Gasteiger partial charge in [0.15, 0.2) is 0 Å². The van der Waals surface area contributed by atoms with Crippen LogP contribution in [-0.4, -0.2) is 24.5 Å². The van der Waals surface area contributed by atoms with Crippen molar-refractivity contribution in [2.75, 3.05) is 11.9 Å². The van der Waals surface area contributed by atoms with Gasteiger partial charge in [-0.3, -0.25) is 0 Å². The first-order valence-electron chi connectivity index (χ1n) is 4.93. The zero-order valence-corrected chi connectivity index (χ0v) is 10.1. The normalized spacial score (nSPS) is 11.5. The number of para-hydroxylation sites is 1. The van der Waals surface area contributed by atoms with Crippen molar-refractivity contribution in [2.45, 2.75) is 16.8 Å². The summed E-state index contributed by atoms with van der Waals surface area (Å²) in [4.78, 5) is 11.2. The lowest BCUT2D eigenvalue weighted by Gasteiger charge is -2.12. The van der Waals surface area contributed by atoms with Crippen LogP contribution in [0, 0.1) is 0 Å². The van der Waals surface area contributed by atoms with Gasteiger partial charge in [0, 0.05) is 4.90 Å². The van der Waals surface area contributed by atoms with E-state index in [0.717, 1.165) is 0 Å². The number of thioether (sulfide) groups is 1. The second kappa shape index (κ2) is 6.60. The highest BCUT2D eigenvalue weighted by atomic mass is 32.2. The fourth-order valence-corrected chi connectivity index (χ4v) is 1.71. The van der Waals surface area contributed by atoms with Gasteiger partial charge in [0.2, 0.25) is 0 Å². The van der Waals surface area contributed by atoms with Gasteiger partial charge in [-0.2, -0.15) is 22.0 Å². The topological polar surface area (TPSA) is 41.1 Å². The number of carbonyl (C=O) groups excluding carboxylic acids is 1. The summed E-state index contributed by atoms with van der Waals surface area (Å²) >= 11 is 0.193. The number of urea groups is 1. The zero-order chi connectivity index (χ0) is 14.5. The molecule has 0 unspecified atom stereocenters. The highest BCUT2D eigenvalue weighted by molar-refractivity contribution is 7.99. The minimum absolute atomic E-state index is 0.0208. The maximum Gasteiger partial charge on any atom is 0.405 e. The maximum absolute atomic E-state index is 12.2. The van der Waals surface area contributed by atoms with Crippen LogP contribution in [0.4, 0.5) is 32.4 Å². The van der Waals surface area contributed by atoms with Gasteiger partial charge in [-0.1, -0.05) is 23.9 Å². The number of anilines is 1. The molecule has 0 bridgehead atoms. The number of carbonyl (C=O) groups is 1. The van der Waals surface area contributed by atoms with Crippen molar-refractivity contribution in [3.8, 4) is 0 Å². The van der Waals surface area contributed by atoms with Gasteiger partial charge >= 0.3 is 12.2 Å². The molecule has 0 spiro atoms. The van der Waals surface area contributed by atoms with E-state index in [9.17, 15) is 26.7 Å². The third kappa shape index (κ3) is 6.27. The number of hydrogen-bond acceptors (Lipinski definition) is 2. The Kier molecular flexibility index (Phi) is 5.40. The first-order valence-corrected chi connectivity index (χ1v) is 5.81. The van der Waals surface area contributed by atoms with E-state index in [2.05, 4.69) is 5.32 Å². The van der Waals surface area contributed by atoms with Crippen LogP contribution in [0.5, 0.6) is 0 Å². The van der Waals surface area contributed by atoms with Gasteiger partial charge in [-0.15, -0.1) is 0 Å². The standard InChI is InChI=1S/C10H9F5N2OS/c11-8(12)19-7-4-2-1-3-6(7)17-9(18)16-5-10(13,14)15/h1-4,8H,5H2,(H2,16,17,18). The molecule has 0 aromatic heterocycles. The van der Waals surface area contributed by atoms with E-state index in [4.69, 9.17) is 0 Å². The quantitative estimate of drug-likeness (QED) is 0.658. The van der Waals surface area contributed by atoms with Crippen molar-refractivity contribution in [2.24, 2.45) is 0 Å². The molecule has 1 aromatic carbocycles. The Hall–Kier alpha value is -1.51. The largest absolute Gasteiger partial charge is 0.405 e. The molecule has 9 heteroatoms. The summed E-state index contributed by atoms with van der Waals surface area (Å²) in [6.45, 7) is -1.50. The first-order chi connectivity index (χ1) is 8.78. The van der Waals surface area contributed by atoms with Crippen LogP contribution in [-0.2, 0) is 0 Å². The van der Waals surface area contributed by atoms with Crippen molar-refractivity contribution in [3.05, 3.63) is 24.3 Å². The Bertz CT molecular complexity index is 438. The van der Waals surface area contributed by atoms with Gasteiger partial charge in [0.25, 0.3) is 5.76 Å². The van der Waals surface area contributed by atoms with Gasteiger partial charge in [0.05, 0.1) is 5.69 Å². The number of amides is 2. The van der Waals surface area contributed by atoms with Crippen LogP contribution < -0.4 is 10.6 Å². The Morgan fingerprint density at radius 2 is 1.89 bits per heavy atom. The highest BCUT2D eigenvalue weighted by Gasteiger charge is 2.27. The number of halogens is 5. The molecule has 1 aromatic rings. The number of rotatable bonds is 4. The summed E-state index contributed by atoms with van der Waals surface area (Å²) in [6, 6.07) is 4.48. The summed E-state index contributed by atoms with van der Waals surface area (Å²) in [6.07, 6.45) is -4.53. The molecule has 0 saturated carbocycles. The van der Waals surface area contributed by atoms with Gasteiger partial charge < -0.3 is 10.6 Å². The predicted molar refractivity (Wildman–Crippen MR) is 61.4 cm³/mol. The van der Waals surface area contributed by atoms with E-state index >= 15 is 0 Å². The molecule has 106 valence electrons. The molecular formula is C10H9F5N2OS.